The third kappa shape index (κ3) is 1.91. The Labute approximate surface area is 79.0 Å². The van der Waals surface area contributed by atoms with Crippen molar-refractivity contribution >= 4 is 15.8 Å². The molecular weight excluding hydrogens is 190 g/mol. The molecule has 0 saturated carbocycles. The molecule has 1 heterocycles. The number of piperidine rings is 1. The SMILES string of the molecule is CC1(C)C(=O)CCCN1S(C)(=O)=O. The number of sulfonamides is 1. The van der Waals surface area contributed by atoms with Crippen LogP contribution in [0.15, 0.2) is 0 Å². The number of hydrogen-bond donors (Lipinski definition) is 0. The third-order valence-electron chi connectivity index (χ3n) is 2.47. The average molecular weight is 205 g/mol. The van der Waals surface area contributed by atoms with Gasteiger partial charge in [-0.3, -0.25) is 4.79 Å². The van der Waals surface area contributed by atoms with Crippen molar-refractivity contribution in [2.75, 3.05) is 12.8 Å². The Balaban J connectivity index is 3.05. The topological polar surface area (TPSA) is 54.5 Å². The molecule has 76 valence electrons. The van der Waals surface area contributed by atoms with Gasteiger partial charge in [0.1, 0.15) is 0 Å². The van der Waals surface area contributed by atoms with Crippen molar-refractivity contribution in [2.45, 2.75) is 32.2 Å². The van der Waals surface area contributed by atoms with E-state index in [0.29, 0.717) is 19.4 Å². The van der Waals surface area contributed by atoms with Crippen molar-refractivity contribution in [3.8, 4) is 0 Å². The fraction of sp³-hybridized carbons (Fsp3) is 0.875. The van der Waals surface area contributed by atoms with E-state index in [0.717, 1.165) is 6.26 Å². The molecule has 5 heteroatoms. The van der Waals surface area contributed by atoms with E-state index >= 15 is 0 Å². The highest BCUT2D eigenvalue weighted by atomic mass is 32.2. The van der Waals surface area contributed by atoms with Crippen molar-refractivity contribution in [1.82, 2.24) is 4.31 Å². The molecular formula is C8H15NO3S. The summed E-state index contributed by atoms with van der Waals surface area (Å²) in [5.41, 5.74) is -0.855. The number of hydrogen-bond acceptors (Lipinski definition) is 3. The fourth-order valence-electron chi connectivity index (χ4n) is 1.69. The summed E-state index contributed by atoms with van der Waals surface area (Å²) in [5.74, 6) is 0.00387. The van der Waals surface area contributed by atoms with Gasteiger partial charge in [0.2, 0.25) is 10.0 Å². The van der Waals surface area contributed by atoms with Crippen LogP contribution in [0.3, 0.4) is 0 Å². The van der Waals surface area contributed by atoms with Crippen LogP contribution in [0.5, 0.6) is 0 Å². The minimum absolute atomic E-state index is 0.00387. The Kier molecular flexibility index (Phi) is 2.51. The van der Waals surface area contributed by atoms with Gasteiger partial charge in [0.05, 0.1) is 11.8 Å². The maximum atomic E-state index is 11.5. The van der Waals surface area contributed by atoms with E-state index in [9.17, 15) is 13.2 Å². The molecule has 13 heavy (non-hydrogen) atoms. The molecule has 0 bridgehead atoms. The summed E-state index contributed by atoms with van der Waals surface area (Å²) < 4.78 is 23.9. The number of nitrogens with zero attached hydrogens (tertiary/aromatic N) is 1. The predicted molar refractivity (Wildman–Crippen MR) is 49.9 cm³/mol. The standard InChI is InChI=1S/C8H15NO3S/c1-8(2)7(10)5-4-6-9(8)13(3,11)12/h4-6H2,1-3H3. The maximum Gasteiger partial charge on any atom is 0.212 e. The summed E-state index contributed by atoms with van der Waals surface area (Å²) in [6.07, 6.45) is 2.27. The zero-order chi connectivity index (χ0) is 10.3. The van der Waals surface area contributed by atoms with E-state index < -0.39 is 15.6 Å². The van der Waals surface area contributed by atoms with Gasteiger partial charge in [-0.1, -0.05) is 0 Å². The smallest absolute Gasteiger partial charge is 0.212 e. The lowest BCUT2D eigenvalue weighted by Gasteiger charge is -2.38. The quantitative estimate of drug-likeness (QED) is 0.622. The van der Waals surface area contributed by atoms with E-state index in [2.05, 4.69) is 0 Å². The molecule has 0 aromatic carbocycles. The van der Waals surface area contributed by atoms with E-state index in [1.807, 2.05) is 0 Å². The lowest BCUT2D eigenvalue weighted by Crippen LogP contribution is -2.55. The van der Waals surface area contributed by atoms with Gasteiger partial charge in [-0.25, -0.2) is 8.42 Å². The molecule has 0 amide bonds. The number of rotatable bonds is 1. The van der Waals surface area contributed by atoms with Gasteiger partial charge in [0.15, 0.2) is 5.78 Å². The van der Waals surface area contributed by atoms with Gasteiger partial charge in [-0.05, 0) is 20.3 Å². The lowest BCUT2D eigenvalue weighted by atomic mass is 9.92. The van der Waals surface area contributed by atoms with Gasteiger partial charge in [0.25, 0.3) is 0 Å². The number of ketones is 1. The van der Waals surface area contributed by atoms with Crippen LogP contribution in [0.1, 0.15) is 26.7 Å². The van der Waals surface area contributed by atoms with Crippen LogP contribution in [-0.4, -0.2) is 36.8 Å². The van der Waals surface area contributed by atoms with Crippen molar-refractivity contribution in [2.24, 2.45) is 0 Å². The molecule has 0 unspecified atom stereocenters. The summed E-state index contributed by atoms with van der Waals surface area (Å²) in [4.78, 5) is 11.5. The van der Waals surface area contributed by atoms with E-state index in [4.69, 9.17) is 0 Å². The highest BCUT2D eigenvalue weighted by Crippen LogP contribution is 2.26. The summed E-state index contributed by atoms with van der Waals surface area (Å²) in [5, 5.41) is 0. The zero-order valence-corrected chi connectivity index (χ0v) is 9.02. The van der Waals surface area contributed by atoms with Crippen molar-refractivity contribution < 1.29 is 13.2 Å². The van der Waals surface area contributed by atoms with E-state index in [-0.39, 0.29) is 5.78 Å². The number of Topliss-reactive ketones (excluding diaryl/α,β-unsaturated/α-hetero) is 1. The van der Waals surface area contributed by atoms with Crippen LogP contribution >= 0.6 is 0 Å². The minimum Gasteiger partial charge on any atom is -0.298 e. The monoisotopic (exact) mass is 205 g/mol. The van der Waals surface area contributed by atoms with Gasteiger partial charge in [0, 0.05) is 13.0 Å². The van der Waals surface area contributed by atoms with Crippen LogP contribution in [0.2, 0.25) is 0 Å². The van der Waals surface area contributed by atoms with E-state index in [1.54, 1.807) is 13.8 Å². The lowest BCUT2D eigenvalue weighted by molar-refractivity contribution is -0.129. The second kappa shape index (κ2) is 3.06. The first-order valence-electron chi connectivity index (χ1n) is 4.27. The van der Waals surface area contributed by atoms with Gasteiger partial charge in [-0.2, -0.15) is 4.31 Å². The van der Waals surface area contributed by atoms with Crippen molar-refractivity contribution in [3.05, 3.63) is 0 Å². The van der Waals surface area contributed by atoms with Gasteiger partial charge < -0.3 is 0 Å². The first-order valence-corrected chi connectivity index (χ1v) is 6.12. The van der Waals surface area contributed by atoms with Crippen LogP contribution in [0, 0.1) is 0 Å². The molecule has 1 rings (SSSR count). The summed E-state index contributed by atoms with van der Waals surface area (Å²) in [6, 6.07) is 0. The van der Waals surface area contributed by atoms with Crippen LogP contribution in [0.25, 0.3) is 0 Å². The zero-order valence-electron chi connectivity index (χ0n) is 8.20. The second-order valence-corrected chi connectivity index (χ2v) is 5.83. The van der Waals surface area contributed by atoms with Gasteiger partial charge in [-0.15, -0.1) is 0 Å². The van der Waals surface area contributed by atoms with Crippen LogP contribution < -0.4 is 0 Å². The third-order valence-corrected chi connectivity index (χ3v) is 3.91. The number of carbonyl (C=O) groups excluding carboxylic acids is 1. The highest BCUT2D eigenvalue weighted by Gasteiger charge is 2.41. The molecule has 4 nitrogen and oxygen atoms in total. The molecule has 0 N–H and O–H groups in total. The molecule has 0 aromatic heterocycles. The van der Waals surface area contributed by atoms with Crippen molar-refractivity contribution in [3.63, 3.8) is 0 Å². The Bertz CT molecular complexity index is 318. The average Bonchev–Trinajstić information content (AvgIpc) is 1.92. The predicted octanol–water partition coefficient (Wildman–Crippen LogP) is 0.390. The second-order valence-electron chi connectivity index (χ2n) is 3.92. The molecule has 1 saturated heterocycles. The summed E-state index contributed by atoms with van der Waals surface area (Å²) >= 11 is 0. The Morgan fingerprint density at radius 2 is 1.92 bits per heavy atom. The highest BCUT2D eigenvalue weighted by molar-refractivity contribution is 7.88. The van der Waals surface area contributed by atoms with Crippen LogP contribution in [-0.2, 0) is 14.8 Å². The normalized spacial score (nSPS) is 24.7. The molecule has 0 atom stereocenters. The Hall–Kier alpha value is -0.420. The maximum absolute atomic E-state index is 11.5. The molecule has 0 radical (unpaired) electrons. The minimum atomic E-state index is -3.25. The molecule has 0 aliphatic carbocycles. The van der Waals surface area contributed by atoms with E-state index in [1.165, 1.54) is 4.31 Å². The molecule has 1 fully saturated rings. The fourth-order valence-corrected chi connectivity index (χ4v) is 3.08. The van der Waals surface area contributed by atoms with Crippen LogP contribution in [0.4, 0.5) is 0 Å². The number of carbonyl (C=O) groups is 1. The summed E-state index contributed by atoms with van der Waals surface area (Å²) in [6.45, 7) is 3.78. The largest absolute Gasteiger partial charge is 0.298 e. The Morgan fingerprint density at radius 1 is 1.38 bits per heavy atom. The Morgan fingerprint density at radius 3 is 2.31 bits per heavy atom. The molecule has 0 aromatic rings. The summed E-state index contributed by atoms with van der Waals surface area (Å²) in [7, 11) is -3.25. The first-order chi connectivity index (χ1) is 5.76. The first kappa shape index (κ1) is 10.7. The molecule has 1 aliphatic rings. The van der Waals surface area contributed by atoms with Crippen molar-refractivity contribution in [1.29, 1.82) is 0 Å². The van der Waals surface area contributed by atoms with Gasteiger partial charge >= 0.3 is 0 Å². The molecule has 1 aliphatic heterocycles. The molecule has 0 spiro atoms.